The number of nitrogens with zero attached hydrogens (tertiary/aromatic N) is 1. The molecule has 0 radical (unpaired) electrons. The van der Waals surface area contributed by atoms with Crippen LogP contribution in [0.2, 0.25) is 0 Å². The largest absolute Gasteiger partial charge is 0.303 e. The molecule has 1 heteroatoms. The molecule has 0 heterocycles. The van der Waals surface area contributed by atoms with Crippen molar-refractivity contribution in [2.75, 3.05) is 19.6 Å². The van der Waals surface area contributed by atoms with Crippen LogP contribution in [0.4, 0.5) is 0 Å². The predicted octanol–water partition coefficient (Wildman–Crippen LogP) is 13.2. The van der Waals surface area contributed by atoms with E-state index >= 15 is 0 Å². The summed E-state index contributed by atoms with van der Waals surface area (Å²) in [5, 5.41) is 0. The summed E-state index contributed by atoms with van der Waals surface area (Å²) in [7, 11) is 0. The summed E-state index contributed by atoms with van der Waals surface area (Å²) in [5.74, 6) is 1.77. The van der Waals surface area contributed by atoms with E-state index in [1.165, 1.54) is 193 Å². The molecule has 0 saturated carbocycles. The Morgan fingerprint density at radius 1 is 0.316 bits per heavy atom. The maximum Gasteiger partial charge on any atom is -0.00187 e. The summed E-state index contributed by atoms with van der Waals surface area (Å²) in [6, 6.07) is 0. The Bertz CT molecular complexity index is 387. The minimum absolute atomic E-state index is 0.887. The van der Waals surface area contributed by atoms with Gasteiger partial charge in [0.1, 0.15) is 0 Å². The summed E-state index contributed by atoms with van der Waals surface area (Å²) in [5.41, 5.74) is 0. The third kappa shape index (κ3) is 32.2. The number of unbranched alkanes of at least 4 members (excludes halogenated alkanes) is 22. The molecule has 0 rings (SSSR count). The van der Waals surface area contributed by atoms with Gasteiger partial charge in [-0.05, 0) is 50.7 Å². The Labute approximate surface area is 244 Å². The average molecular weight is 536 g/mol. The van der Waals surface area contributed by atoms with E-state index in [1.54, 1.807) is 0 Å². The second-order valence-electron chi connectivity index (χ2n) is 13.7. The van der Waals surface area contributed by atoms with Crippen molar-refractivity contribution in [1.82, 2.24) is 4.90 Å². The molecular weight excluding hydrogens is 458 g/mol. The van der Waals surface area contributed by atoms with Crippen LogP contribution in [0.15, 0.2) is 0 Å². The van der Waals surface area contributed by atoms with Crippen LogP contribution < -0.4 is 0 Å². The first-order chi connectivity index (χ1) is 18.6. The quantitative estimate of drug-likeness (QED) is 0.0774. The van der Waals surface area contributed by atoms with Gasteiger partial charge in [0, 0.05) is 0 Å². The zero-order valence-electron chi connectivity index (χ0n) is 27.8. The van der Waals surface area contributed by atoms with Crippen molar-refractivity contribution in [3.05, 3.63) is 0 Å². The molecule has 230 valence electrons. The number of hydrogen-bond acceptors (Lipinski definition) is 1. The first-order valence-electron chi connectivity index (χ1n) is 18.3. The van der Waals surface area contributed by atoms with E-state index < -0.39 is 0 Å². The van der Waals surface area contributed by atoms with Crippen molar-refractivity contribution in [1.29, 1.82) is 0 Å². The van der Waals surface area contributed by atoms with Gasteiger partial charge in [-0.25, -0.2) is 0 Å². The first kappa shape index (κ1) is 38.0. The SMILES string of the molecule is CCCCCCCCCCCN(CCCCCCCCCCC(C)C)CCCCCCCCCCC(C)C. The van der Waals surface area contributed by atoms with Crippen LogP contribution in [0.3, 0.4) is 0 Å². The Balaban J connectivity index is 3.90. The topological polar surface area (TPSA) is 3.24 Å². The van der Waals surface area contributed by atoms with Gasteiger partial charge in [-0.3, -0.25) is 0 Å². The highest BCUT2D eigenvalue weighted by atomic mass is 15.1. The maximum absolute atomic E-state index is 2.85. The van der Waals surface area contributed by atoms with Crippen LogP contribution in [-0.4, -0.2) is 24.5 Å². The molecule has 1 nitrogen and oxygen atoms in total. The summed E-state index contributed by atoms with van der Waals surface area (Å²) in [4.78, 5) is 2.85. The standard InChI is InChI=1S/C37H77N/c1-6-7-8-9-10-13-18-23-28-33-38(34-29-24-19-14-11-16-21-26-31-36(2)3)35-30-25-20-15-12-17-22-27-32-37(4)5/h36-37H,6-35H2,1-5H3. The molecule has 0 aromatic heterocycles. The fourth-order valence-electron chi connectivity index (χ4n) is 5.88. The molecule has 0 amide bonds. The van der Waals surface area contributed by atoms with Gasteiger partial charge in [0.05, 0.1) is 0 Å². The van der Waals surface area contributed by atoms with Gasteiger partial charge in [0.25, 0.3) is 0 Å². The lowest BCUT2D eigenvalue weighted by Gasteiger charge is -2.22. The molecule has 0 aliphatic carbocycles. The van der Waals surface area contributed by atoms with Crippen LogP contribution in [0.5, 0.6) is 0 Å². The van der Waals surface area contributed by atoms with Gasteiger partial charge >= 0.3 is 0 Å². The van der Waals surface area contributed by atoms with Gasteiger partial charge in [0.15, 0.2) is 0 Å². The van der Waals surface area contributed by atoms with E-state index in [-0.39, 0.29) is 0 Å². The van der Waals surface area contributed by atoms with E-state index in [1.807, 2.05) is 0 Å². The monoisotopic (exact) mass is 536 g/mol. The van der Waals surface area contributed by atoms with Crippen molar-refractivity contribution in [3.8, 4) is 0 Å². The predicted molar refractivity (Wildman–Crippen MR) is 176 cm³/mol. The normalized spacial score (nSPS) is 12.0. The fraction of sp³-hybridized carbons (Fsp3) is 1.00. The summed E-state index contributed by atoms with van der Waals surface area (Å²) in [6.45, 7) is 15.8. The van der Waals surface area contributed by atoms with Crippen molar-refractivity contribution < 1.29 is 0 Å². The molecule has 0 aliphatic rings. The highest BCUT2D eigenvalue weighted by Gasteiger charge is 2.05. The third-order valence-electron chi connectivity index (χ3n) is 8.59. The van der Waals surface area contributed by atoms with E-state index in [4.69, 9.17) is 0 Å². The van der Waals surface area contributed by atoms with E-state index in [0.29, 0.717) is 0 Å². The molecule has 0 unspecified atom stereocenters. The summed E-state index contributed by atoms with van der Waals surface area (Å²) < 4.78 is 0. The molecule has 0 bridgehead atoms. The molecule has 0 spiro atoms. The van der Waals surface area contributed by atoms with Gasteiger partial charge in [0.2, 0.25) is 0 Å². The second kappa shape index (κ2) is 31.5. The van der Waals surface area contributed by atoms with E-state index in [0.717, 1.165) is 11.8 Å². The zero-order chi connectivity index (χ0) is 27.9. The van der Waals surface area contributed by atoms with Gasteiger partial charge in [-0.2, -0.15) is 0 Å². The lowest BCUT2D eigenvalue weighted by Crippen LogP contribution is -2.27. The van der Waals surface area contributed by atoms with Crippen molar-refractivity contribution in [2.45, 2.75) is 208 Å². The third-order valence-corrected chi connectivity index (χ3v) is 8.59. The number of hydrogen-bond donors (Lipinski definition) is 0. The average Bonchev–Trinajstić information content (AvgIpc) is 2.88. The highest BCUT2D eigenvalue weighted by molar-refractivity contribution is 4.61. The van der Waals surface area contributed by atoms with Crippen molar-refractivity contribution in [3.63, 3.8) is 0 Å². The zero-order valence-corrected chi connectivity index (χ0v) is 27.8. The van der Waals surface area contributed by atoms with Gasteiger partial charge in [-0.1, -0.05) is 189 Å². The molecule has 0 N–H and O–H groups in total. The maximum atomic E-state index is 2.85. The van der Waals surface area contributed by atoms with Crippen LogP contribution >= 0.6 is 0 Å². The minimum Gasteiger partial charge on any atom is -0.303 e. The molecule has 0 fully saturated rings. The second-order valence-corrected chi connectivity index (χ2v) is 13.7. The summed E-state index contributed by atoms with van der Waals surface area (Å²) in [6.07, 6.45) is 39.2. The van der Waals surface area contributed by atoms with E-state index in [9.17, 15) is 0 Å². The van der Waals surface area contributed by atoms with E-state index in [2.05, 4.69) is 39.5 Å². The van der Waals surface area contributed by atoms with Crippen molar-refractivity contribution in [2.24, 2.45) is 11.8 Å². The molecule has 0 aromatic rings. The van der Waals surface area contributed by atoms with Gasteiger partial charge in [-0.15, -0.1) is 0 Å². The highest BCUT2D eigenvalue weighted by Crippen LogP contribution is 2.15. The number of rotatable bonds is 32. The molecule has 0 saturated heterocycles. The van der Waals surface area contributed by atoms with Gasteiger partial charge < -0.3 is 4.90 Å². The smallest absolute Gasteiger partial charge is 0.00187 e. The van der Waals surface area contributed by atoms with Crippen LogP contribution in [0.1, 0.15) is 208 Å². The molecule has 0 aliphatic heterocycles. The van der Waals surface area contributed by atoms with Crippen molar-refractivity contribution >= 4 is 0 Å². The molecule has 38 heavy (non-hydrogen) atoms. The van der Waals surface area contributed by atoms with Crippen LogP contribution in [-0.2, 0) is 0 Å². The summed E-state index contributed by atoms with van der Waals surface area (Å²) >= 11 is 0. The molecule has 0 atom stereocenters. The Hall–Kier alpha value is -0.0400. The Morgan fingerprint density at radius 3 is 0.816 bits per heavy atom. The fourth-order valence-corrected chi connectivity index (χ4v) is 5.88. The molecule has 0 aromatic carbocycles. The van der Waals surface area contributed by atoms with Crippen LogP contribution in [0.25, 0.3) is 0 Å². The van der Waals surface area contributed by atoms with Crippen LogP contribution in [0, 0.1) is 11.8 Å². The molecular formula is C37H77N. The Kier molecular flexibility index (Phi) is 31.5. The minimum atomic E-state index is 0.887. The first-order valence-corrected chi connectivity index (χ1v) is 18.3. The lowest BCUT2D eigenvalue weighted by atomic mass is 10.0. The Morgan fingerprint density at radius 2 is 0.553 bits per heavy atom. The lowest BCUT2D eigenvalue weighted by molar-refractivity contribution is 0.254.